The monoisotopic (exact) mass is 240 g/mol. The molecule has 1 aliphatic heterocycles. The fourth-order valence-electron chi connectivity index (χ4n) is 2.07. The van der Waals surface area contributed by atoms with Crippen LogP contribution in [-0.4, -0.2) is 36.3 Å². The van der Waals surface area contributed by atoms with Gasteiger partial charge in [0.25, 0.3) is 0 Å². The first kappa shape index (κ1) is 14.0. The van der Waals surface area contributed by atoms with Crippen molar-refractivity contribution in [2.75, 3.05) is 19.6 Å². The summed E-state index contributed by atoms with van der Waals surface area (Å²) < 4.78 is 0. The van der Waals surface area contributed by atoms with Crippen molar-refractivity contribution < 1.29 is 9.59 Å². The number of carbonyl (C=O) groups is 2. The molecule has 0 atom stereocenters. The van der Waals surface area contributed by atoms with Crippen LogP contribution in [0.15, 0.2) is 0 Å². The Bertz CT molecular complexity index is 254. The number of amides is 2. The largest absolute Gasteiger partial charge is 0.345 e. The molecule has 1 rings (SSSR count). The summed E-state index contributed by atoms with van der Waals surface area (Å²) in [6.07, 6.45) is 8.64. The van der Waals surface area contributed by atoms with Gasteiger partial charge in [0.15, 0.2) is 0 Å². The van der Waals surface area contributed by atoms with E-state index in [1.54, 1.807) is 4.90 Å². The first-order valence-electron chi connectivity index (χ1n) is 6.78. The van der Waals surface area contributed by atoms with Crippen LogP contribution in [0.5, 0.6) is 0 Å². The minimum Gasteiger partial charge on any atom is -0.345 e. The Hall–Kier alpha value is -1.06. The first-order chi connectivity index (χ1) is 8.24. The van der Waals surface area contributed by atoms with Gasteiger partial charge in [0.05, 0.1) is 13.1 Å². The van der Waals surface area contributed by atoms with E-state index in [-0.39, 0.29) is 24.9 Å². The Morgan fingerprint density at radius 3 is 2.41 bits per heavy atom. The van der Waals surface area contributed by atoms with E-state index in [1.165, 1.54) is 32.1 Å². The summed E-state index contributed by atoms with van der Waals surface area (Å²) in [5.41, 5.74) is 0. The fraction of sp³-hybridized carbons (Fsp3) is 0.846. The second-order valence-electron chi connectivity index (χ2n) is 4.71. The molecular formula is C13H24N2O2. The molecule has 0 aliphatic carbocycles. The lowest BCUT2D eigenvalue weighted by Crippen LogP contribution is -2.51. The predicted molar refractivity (Wildman–Crippen MR) is 67.6 cm³/mol. The lowest BCUT2D eigenvalue weighted by atomic mass is 10.1. The van der Waals surface area contributed by atoms with E-state index >= 15 is 0 Å². The molecule has 1 N–H and O–H groups in total. The van der Waals surface area contributed by atoms with E-state index < -0.39 is 0 Å². The van der Waals surface area contributed by atoms with Crippen LogP contribution in [0, 0.1) is 0 Å². The predicted octanol–water partition coefficient (Wildman–Crippen LogP) is 1.70. The SMILES string of the molecule is CCCCCCCCCN1CC(=O)NCC1=O. The molecule has 0 aromatic carbocycles. The van der Waals surface area contributed by atoms with Crippen molar-refractivity contribution in [2.45, 2.75) is 51.9 Å². The molecule has 4 nitrogen and oxygen atoms in total. The van der Waals surface area contributed by atoms with Gasteiger partial charge in [-0.15, -0.1) is 0 Å². The number of hydrogen-bond donors (Lipinski definition) is 1. The molecule has 2 amide bonds. The van der Waals surface area contributed by atoms with Crippen LogP contribution in [0.2, 0.25) is 0 Å². The zero-order valence-electron chi connectivity index (χ0n) is 10.8. The van der Waals surface area contributed by atoms with E-state index in [9.17, 15) is 9.59 Å². The molecule has 0 saturated carbocycles. The summed E-state index contributed by atoms with van der Waals surface area (Å²) in [7, 11) is 0. The highest BCUT2D eigenvalue weighted by atomic mass is 16.2. The van der Waals surface area contributed by atoms with E-state index in [0.29, 0.717) is 0 Å². The molecule has 4 heteroatoms. The molecule has 0 spiro atoms. The van der Waals surface area contributed by atoms with Gasteiger partial charge in [-0.25, -0.2) is 0 Å². The highest BCUT2D eigenvalue weighted by molar-refractivity contribution is 5.92. The molecule has 0 bridgehead atoms. The third-order valence-corrected chi connectivity index (χ3v) is 3.16. The van der Waals surface area contributed by atoms with E-state index in [0.717, 1.165) is 19.4 Å². The molecule has 0 radical (unpaired) electrons. The molecule has 1 aliphatic rings. The van der Waals surface area contributed by atoms with Crippen molar-refractivity contribution in [2.24, 2.45) is 0 Å². The van der Waals surface area contributed by atoms with Crippen LogP contribution < -0.4 is 5.32 Å². The molecule has 98 valence electrons. The Labute approximate surface area is 104 Å². The normalized spacial score (nSPS) is 16.2. The number of nitrogens with one attached hydrogen (secondary N) is 1. The summed E-state index contributed by atoms with van der Waals surface area (Å²) >= 11 is 0. The van der Waals surface area contributed by atoms with Gasteiger partial charge in [0.2, 0.25) is 11.8 Å². The highest BCUT2D eigenvalue weighted by Gasteiger charge is 2.21. The third kappa shape index (κ3) is 5.71. The molecule has 1 heterocycles. The first-order valence-corrected chi connectivity index (χ1v) is 6.78. The van der Waals surface area contributed by atoms with Crippen molar-refractivity contribution in [1.29, 1.82) is 0 Å². The summed E-state index contributed by atoms with van der Waals surface area (Å²) in [5, 5.41) is 2.56. The van der Waals surface area contributed by atoms with Gasteiger partial charge in [-0.3, -0.25) is 9.59 Å². The van der Waals surface area contributed by atoms with Gasteiger partial charge < -0.3 is 10.2 Å². The molecule has 0 unspecified atom stereocenters. The van der Waals surface area contributed by atoms with Crippen LogP contribution >= 0.6 is 0 Å². The molecule has 1 saturated heterocycles. The van der Waals surface area contributed by atoms with Crippen molar-refractivity contribution in [3.63, 3.8) is 0 Å². The number of carbonyl (C=O) groups excluding carboxylic acids is 2. The molecular weight excluding hydrogens is 216 g/mol. The minimum absolute atomic E-state index is 0.0347. The number of hydrogen-bond acceptors (Lipinski definition) is 2. The number of piperazine rings is 1. The average molecular weight is 240 g/mol. The lowest BCUT2D eigenvalue weighted by molar-refractivity contribution is -0.140. The minimum atomic E-state index is -0.0347. The van der Waals surface area contributed by atoms with Crippen LogP contribution in [0.4, 0.5) is 0 Å². The standard InChI is InChI=1S/C13H24N2O2/c1-2-3-4-5-6-7-8-9-15-11-12(16)14-10-13(15)17/h2-11H2,1H3,(H,14,16). The van der Waals surface area contributed by atoms with Crippen molar-refractivity contribution in [1.82, 2.24) is 10.2 Å². The van der Waals surface area contributed by atoms with Crippen LogP contribution in [-0.2, 0) is 9.59 Å². The Balaban J connectivity index is 2.01. The maximum absolute atomic E-state index is 11.5. The van der Waals surface area contributed by atoms with Crippen molar-refractivity contribution >= 4 is 11.8 Å². The van der Waals surface area contributed by atoms with Gasteiger partial charge in [-0.1, -0.05) is 45.4 Å². The van der Waals surface area contributed by atoms with Crippen LogP contribution in [0.25, 0.3) is 0 Å². The van der Waals surface area contributed by atoms with Crippen molar-refractivity contribution in [3.8, 4) is 0 Å². The number of rotatable bonds is 8. The van der Waals surface area contributed by atoms with Gasteiger partial charge >= 0.3 is 0 Å². The Morgan fingerprint density at radius 2 is 1.71 bits per heavy atom. The lowest BCUT2D eigenvalue weighted by Gasteiger charge is -2.26. The van der Waals surface area contributed by atoms with E-state index in [1.807, 2.05) is 0 Å². The maximum atomic E-state index is 11.5. The maximum Gasteiger partial charge on any atom is 0.242 e. The number of unbranched alkanes of at least 4 members (excludes halogenated alkanes) is 6. The number of nitrogens with zero attached hydrogens (tertiary/aromatic N) is 1. The highest BCUT2D eigenvalue weighted by Crippen LogP contribution is 2.08. The smallest absolute Gasteiger partial charge is 0.242 e. The molecule has 1 fully saturated rings. The summed E-state index contributed by atoms with van der Waals surface area (Å²) in [6, 6.07) is 0. The van der Waals surface area contributed by atoms with Crippen molar-refractivity contribution in [3.05, 3.63) is 0 Å². The van der Waals surface area contributed by atoms with Gasteiger partial charge in [0, 0.05) is 6.54 Å². The van der Waals surface area contributed by atoms with Crippen LogP contribution in [0.3, 0.4) is 0 Å². The van der Waals surface area contributed by atoms with Gasteiger partial charge in [-0.2, -0.15) is 0 Å². The summed E-state index contributed by atoms with van der Waals surface area (Å²) in [5.74, 6) is 0.0168. The topological polar surface area (TPSA) is 49.4 Å². The quantitative estimate of drug-likeness (QED) is 0.656. The summed E-state index contributed by atoms with van der Waals surface area (Å²) in [4.78, 5) is 24.2. The fourth-order valence-corrected chi connectivity index (χ4v) is 2.07. The third-order valence-electron chi connectivity index (χ3n) is 3.16. The average Bonchev–Trinajstić information content (AvgIpc) is 2.32. The Kier molecular flexibility index (Phi) is 6.67. The molecule has 17 heavy (non-hydrogen) atoms. The molecule has 0 aromatic heterocycles. The Morgan fingerprint density at radius 1 is 1.06 bits per heavy atom. The van der Waals surface area contributed by atoms with Gasteiger partial charge in [0.1, 0.15) is 0 Å². The second-order valence-corrected chi connectivity index (χ2v) is 4.71. The van der Waals surface area contributed by atoms with E-state index in [2.05, 4.69) is 12.2 Å². The zero-order valence-corrected chi connectivity index (χ0v) is 10.8. The van der Waals surface area contributed by atoms with Crippen LogP contribution in [0.1, 0.15) is 51.9 Å². The zero-order chi connectivity index (χ0) is 12.5. The van der Waals surface area contributed by atoms with E-state index in [4.69, 9.17) is 0 Å². The van der Waals surface area contributed by atoms with Gasteiger partial charge in [-0.05, 0) is 6.42 Å². The summed E-state index contributed by atoms with van der Waals surface area (Å²) in [6.45, 7) is 3.37. The second kappa shape index (κ2) is 8.09. The molecule has 0 aromatic rings.